The van der Waals surface area contributed by atoms with E-state index in [1.165, 1.54) is 12.1 Å². The minimum atomic E-state index is -0.696. The summed E-state index contributed by atoms with van der Waals surface area (Å²) in [5, 5.41) is 2.89. The van der Waals surface area contributed by atoms with Crippen LogP contribution in [0.3, 0.4) is 0 Å². The molecule has 2 amide bonds. The van der Waals surface area contributed by atoms with E-state index < -0.39 is 23.4 Å². The minimum absolute atomic E-state index is 0.0799. The van der Waals surface area contributed by atoms with Crippen LogP contribution >= 0.6 is 15.9 Å². The molecule has 1 aromatic rings. The lowest BCUT2D eigenvalue weighted by molar-refractivity contribution is -0.147. The summed E-state index contributed by atoms with van der Waals surface area (Å²) in [6, 6.07) is 4.33. The SMILES string of the molecule is CCC(OC1CCCC1)C(=O)N(C)CC(C)(C)NC(=O)c1cccc(F)c1Br. The number of halogens is 2. The van der Waals surface area contributed by atoms with E-state index in [0.717, 1.165) is 25.7 Å². The number of nitrogens with one attached hydrogen (secondary N) is 1. The molecule has 1 atom stereocenters. The molecule has 28 heavy (non-hydrogen) atoms. The maximum Gasteiger partial charge on any atom is 0.253 e. The van der Waals surface area contributed by atoms with Gasteiger partial charge in [-0.25, -0.2) is 4.39 Å². The van der Waals surface area contributed by atoms with Crippen LogP contribution in [-0.2, 0) is 9.53 Å². The third-order valence-corrected chi connectivity index (χ3v) is 5.77. The first-order chi connectivity index (χ1) is 13.1. The number of carbonyl (C=O) groups excluding carboxylic acids is 2. The fourth-order valence-electron chi connectivity index (χ4n) is 3.60. The number of benzene rings is 1. The molecule has 1 aliphatic carbocycles. The lowest BCUT2D eigenvalue weighted by Crippen LogP contribution is -2.53. The zero-order valence-corrected chi connectivity index (χ0v) is 18.6. The highest BCUT2D eigenvalue weighted by Gasteiger charge is 2.31. The number of ether oxygens (including phenoxy) is 1. The monoisotopic (exact) mass is 456 g/mol. The highest BCUT2D eigenvalue weighted by Crippen LogP contribution is 2.24. The molecule has 1 aliphatic rings. The Morgan fingerprint density at radius 1 is 1.36 bits per heavy atom. The molecule has 0 bridgehead atoms. The van der Waals surface area contributed by atoms with Crippen molar-refractivity contribution in [2.75, 3.05) is 13.6 Å². The van der Waals surface area contributed by atoms with Crippen LogP contribution in [0.4, 0.5) is 4.39 Å². The summed E-state index contributed by atoms with van der Waals surface area (Å²) in [5.41, 5.74) is -0.475. The fourth-order valence-corrected chi connectivity index (χ4v) is 4.04. The van der Waals surface area contributed by atoms with Crippen molar-refractivity contribution >= 4 is 27.7 Å². The van der Waals surface area contributed by atoms with Gasteiger partial charge >= 0.3 is 0 Å². The van der Waals surface area contributed by atoms with Crippen molar-refractivity contribution in [1.82, 2.24) is 10.2 Å². The average molecular weight is 457 g/mol. The number of nitrogens with zero attached hydrogens (tertiary/aromatic N) is 1. The molecular weight excluding hydrogens is 427 g/mol. The van der Waals surface area contributed by atoms with E-state index in [4.69, 9.17) is 4.74 Å². The molecule has 2 rings (SSSR count). The molecule has 1 aromatic carbocycles. The van der Waals surface area contributed by atoms with Crippen LogP contribution in [0.1, 0.15) is 63.2 Å². The van der Waals surface area contributed by atoms with Crippen LogP contribution < -0.4 is 5.32 Å². The zero-order valence-electron chi connectivity index (χ0n) is 17.1. The van der Waals surface area contributed by atoms with Crippen LogP contribution in [0.5, 0.6) is 0 Å². The Hall–Kier alpha value is -1.47. The van der Waals surface area contributed by atoms with Gasteiger partial charge in [0.05, 0.1) is 21.7 Å². The number of rotatable bonds is 8. The van der Waals surface area contributed by atoms with Crippen LogP contribution in [0.15, 0.2) is 22.7 Å². The first-order valence-electron chi connectivity index (χ1n) is 9.81. The highest BCUT2D eigenvalue weighted by molar-refractivity contribution is 9.10. The lowest BCUT2D eigenvalue weighted by Gasteiger charge is -2.33. The Labute approximate surface area is 175 Å². The predicted octanol–water partition coefficient (Wildman–Crippen LogP) is 4.29. The molecule has 1 saturated carbocycles. The number of likely N-dealkylation sites (N-methyl/N-ethyl adjacent to an activating group) is 1. The second kappa shape index (κ2) is 9.83. The van der Waals surface area contributed by atoms with Crippen molar-refractivity contribution in [2.45, 2.75) is 70.6 Å². The molecule has 0 spiro atoms. The lowest BCUT2D eigenvalue weighted by atomic mass is 10.0. The molecule has 0 aromatic heterocycles. The van der Waals surface area contributed by atoms with Gasteiger partial charge in [-0.2, -0.15) is 0 Å². The molecule has 1 unspecified atom stereocenters. The van der Waals surface area contributed by atoms with Crippen molar-refractivity contribution in [1.29, 1.82) is 0 Å². The normalized spacial score (nSPS) is 16.1. The van der Waals surface area contributed by atoms with E-state index in [2.05, 4.69) is 21.2 Å². The van der Waals surface area contributed by atoms with Gasteiger partial charge in [-0.3, -0.25) is 9.59 Å². The summed E-state index contributed by atoms with van der Waals surface area (Å²) in [5.74, 6) is -0.970. The average Bonchev–Trinajstić information content (AvgIpc) is 3.13. The van der Waals surface area contributed by atoms with Crippen molar-refractivity contribution in [3.8, 4) is 0 Å². The molecule has 0 radical (unpaired) electrons. The van der Waals surface area contributed by atoms with Gasteiger partial charge in [0, 0.05) is 13.6 Å². The third kappa shape index (κ3) is 6.01. The van der Waals surface area contributed by atoms with Crippen molar-refractivity contribution in [2.24, 2.45) is 0 Å². The number of hydrogen-bond donors (Lipinski definition) is 1. The molecule has 0 heterocycles. The standard InChI is InChI=1S/C21H30BrFN2O3/c1-5-17(28-14-9-6-7-10-14)20(27)25(4)13-21(2,3)24-19(26)15-11-8-12-16(23)18(15)22/h8,11-12,14,17H,5-7,9-10,13H2,1-4H3,(H,24,26). The Morgan fingerprint density at radius 3 is 2.61 bits per heavy atom. The van der Waals surface area contributed by atoms with Gasteiger partial charge in [-0.1, -0.05) is 25.8 Å². The van der Waals surface area contributed by atoms with E-state index in [1.807, 2.05) is 20.8 Å². The summed E-state index contributed by atoms with van der Waals surface area (Å²) in [6.45, 7) is 5.93. The van der Waals surface area contributed by atoms with Crippen molar-refractivity contribution in [3.63, 3.8) is 0 Å². The zero-order chi connectivity index (χ0) is 20.9. The summed E-state index contributed by atoms with van der Waals surface area (Å²) in [4.78, 5) is 27.0. The van der Waals surface area contributed by atoms with E-state index in [-0.39, 0.29) is 22.0 Å². The highest BCUT2D eigenvalue weighted by atomic mass is 79.9. The fraction of sp³-hybridized carbons (Fsp3) is 0.619. The largest absolute Gasteiger partial charge is 0.365 e. The first kappa shape index (κ1) is 22.8. The summed E-state index contributed by atoms with van der Waals surface area (Å²) in [7, 11) is 1.72. The number of amides is 2. The predicted molar refractivity (Wildman–Crippen MR) is 111 cm³/mol. The molecule has 7 heteroatoms. The summed E-state index contributed by atoms with van der Waals surface area (Å²) < 4.78 is 19.8. The van der Waals surface area contributed by atoms with Crippen LogP contribution in [-0.4, -0.2) is 48.1 Å². The van der Waals surface area contributed by atoms with Gasteiger partial charge < -0.3 is 15.0 Å². The van der Waals surface area contributed by atoms with Gasteiger partial charge in [-0.15, -0.1) is 0 Å². The Bertz CT molecular complexity index is 705. The van der Waals surface area contributed by atoms with E-state index in [1.54, 1.807) is 18.0 Å². The maximum atomic E-state index is 13.7. The molecule has 0 saturated heterocycles. The molecule has 5 nitrogen and oxygen atoms in total. The van der Waals surface area contributed by atoms with Gasteiger partial charge in [0.15, 0.2) is 0 Å². The molecule has 0 aliphatic heterocycles. The van der Waals surface area contributed by atoms with E-state index in [9.17, 15) is 14.0 Å². The van der Waals surface area contributed by atoms with Crippen LogP contribution in [0, 0.1) is 5.82 Å². The van der Waals surface area contributed by atoms with Crippen molar-refractivity contribution < 1.29 is 18.7 Å². The second-order valence-electron chi connectivity index (χ2n) is 8.07. The number of carbonyl (C=O) groups is 2. The van der Waals surface area contributed by atoms with Gasteiger partial charge in [-0.05, 0) is 61.2 Å². The quantitative estimate of drug-likeness (QED) is 0.634. The third-order valence-electron chi connectivity index (χ3n) is 4.96. The van der Waals surface area contributed by atoms with Crippen molar-refractivity contribution in [3.05, 3.63) is 34.1 Å². The smallest absolute Gasteiger partial charge is 0.253 e. The van der Waals surface area contributed by atoms with Gasteiger partial charge in [0.1, 0.15) is 11.9 Å². The van der Waals surface area contributed by atoms with Crippen LogP contribution in [0.25, 0.3) is 0 Å². The maximum absolute atomic E-state index is 13.7. The minimum Gasteiger partial charge on any atom is -0.365 e. The van der Waals surface area contributed by atoms with Crippen LogP contribution in [0.2, 0.25) is 0 Å². The molecule has 156 valence electrons. The Balaban J connectivity index is 1.98. The topological polar surface area (TPSA) is 58.6 Å². The first-order valence-corrected chi connectivity index (χ1v) is 10.6. The van der Waals surface area contributed by atoms with E-state index in [0.29, 0.717) is 13.0 Å². The Morgan fingerprint density at radius 2 is 2.00 bits per heavy atom. The summed E-state index contributed by atoms with van der Waals surface area (Å²) >= 11 is 3.12. The molecular formula is C21H30BrFN2O3. The molecule has 1 N–H and O–H groups in total. The van der Waals surface area contributed by atoms with E-state index >= 15 is 0 Å². The second-order valence-corrected chi connectivity index (χ2v) is 8.87. The summed E-state index contributed by atoms with van der Waals surface area (Å²) in [6.07, 6.45) is 4.65. The Kier molecular flexibility index (Phi) is 8.01. The molecule has 1 fully saturated rings. The number of hydrogen-bond acceptors (Lipinski definition) is 3. The van der Waals surface area contributed by atoms with Gasteiger partial charge in [0.25, 0.3) is 11.8 Å². The van der Waals surface area contributed by atoms with Gasteiger partial charge in [0.2, 0.25) is 0 Å².